The molecule has 2 aromatic rings. The van der Waals surface area contributed by atoms with Crippen LogP contribution < -0.4 is 10.2 Å². The number of halogens is 3. The zero-order valence-electron chi connectivity index (χ0n) is 35.1. The zero-order valence-corrected chi connectivity index (χ0v) is 37.6. The molecule has 16 nitrogen and oxygen atoms in total. The third-order valence-electron chi connectivity index (χ3n) is 11.5. The van der Waals surface area contributed by atoms with Gasteiger partial charge in [0.1, 0.15) is 5.41 Å². The Labute approximate surface area is 369 Å². The van der Waals surface area contributed by atoms with Gasteiger partial charge in [0.05, 0.1) is 26.9 Å². The Morgan fingerprint density at radius 3 is 2.03 bits per heavy atom. The lowest BCUT2D eigenvalue weighted by Crippen LogP contribution is -2.52. The van der Waals surface area contributed by atoms with Crippen LogP contribution >= 0.6 is 0 Å². The lowest BCUT2D eigenvalue weighted by atomic mass is 9.68. The van der Waals surface area contributed by atoms with Crippen molar-refractivity contribution in [1.29, 1.82) is 0 Å². The van der Waals surface area contributed by atoms with Gasteiger partial charge in [-0.3, -0.25) is 33.0 Å². The standard InChI is InChI=1S/C42H48F3N3O13S3/c1-39(2)30-22-28(63(56,57)58)12-14-32(30)47-34(39)16-10-26-21-27(25-41(24-26,37(51)42(43,44)45)38(52)46-18-7-5-6-9-36(49)50)11-17-35-40(3,4)31-23-29(64(59,60)61)13-15-33(31)48(35)19-8-20-62(53,54)55/h10-17,21-23H,5-9,18-20,24-25H2,1-4H3,(H,46,52)(H,49,50)(H,53,54,55)(H,56,57,58)(H,59,60,61)/b16-10+,27-11-,35-17+. The molecule has 348 valence electrons. The molecule has 0 saturated heterocycles. The average molecular weight is 956 g/mol. The number of unbranched alkanes of at least 4 members (excludes halogenated alkanes) is 2. The van der Waals surface area contributed by atoms with Crippen molar-refractivity contribution >= 4 is 65.1 Å². The van der Waals surface area contributed by atoms with Crippen molar-refractivity contribution in [3.63, 3.8) is 0 Å². The summed E-state index contributed by atoms with van der Waals surface area (Å²) in [7, 11) is -13.7. The molecule has 5 N–H and O–H groups in total. The Hall–Kier alpha value is -5.00. The summed E-state index contributed by atoms with van der Waals surface area (Å²) >= 11 is 0. The molecule has 1 unspecified atom stereocenters. The smallest absolute Gasteiger partial charge is 0.451 e. The number of carboxylic acid groups (broad SMARTS) is 1. The van der Waals surface area contributed by atoms with Gasteiger partial charge in [0.15, 0.2) is 0 Å². The predicted octanol–water partition coefficient (Wildman–Crippen LogP) is 6.59. The van der Waals surface area contributed by atoms with Crippen LogP contribution in [0.25, 0.3) is 0 Å². The van der Waals surface area contributed by atoms with E-state index in [1.807, 2.05) is 0 Å². The maximum absolute atomic E-state index is 14.7. The summed E-state index contributed by atoms with van der Waals surface area (Å²) in [6.45, 7) is 6.53. The Bertz CT molecular complexity index is 2760. The molecule has 0 spiro atoms. The zero-order chi connectivity index (χ0) is 47.8. The molecule has 1 amide bonds. The molecular formula is C42H48F3N3O13S3. The van der Waals surface area contributed by atoms with E-state index in [0.717, 1.165) is 12.1 Å². The highest BCUT2D eigenvalue weighted by molar-refractivity contribution is 7.86. The van der Waals surface area contributed by atoms with E-state index in [9.17, 15) is 66.5 Å². The number of anilines is 1. The van der Waals surface area contributed by atoms with Crippen molar-refractivity contribution < 1.29 is 71.6 Å². The van der Waals surface area contributed by atoms with Gasteiger partial charge < -0.3 is 15.3 Å². The van der Waals surface area contributed by atoms with Crippen LogP contribution in [0.1, 0.15) is 83.8 Å². The first-order valence-corrected chi connectivity index (χ1v) is 24.3. The first-order valence-electron chi connectivity index (χ1n) is 19.9. The second-order valence-electron chi connectivity index (χ2n) is 16.9. The molecule has 5 rings (SSSR count). The Morgan fingerprint density at radius 2 is 1.44 bits per heavy atom. The van der Waals surface area contributed by atoms with E-state index in [1.54, 1.807) is 32.6 Å². The van der Waals surface area contributed by atoms with E-state index in [-0.39, 0.29) is 54.8 Å². The van der Waals surface area contributed by atoms with Crippen LogP contribution in [0, 0.1) is 5.41 Å². The molecule has 2 aromatic carbocycles. The third-order valence-corrected chi connectivity index (χ3v) is 14.0. The summed E-state index contributed by atoms with van der Waals surface area (Å²) < 4.78 is 144. The summed E-state index contributed by atoms with van der Waals surface area (Å²) in [4.78, 5) is 44.0. The number of ketones is 1. The van der Waals surface area contributed by atoms with Gasteiger partial charge in [-0.15, -0.1) is 0 Å². The Morgan fingerprint density at radius 1 is 0.812 bits per heavy atom. The van der Waals surface area contributed by atoms with Crippen LogP contribution in [0.4, 0.5) is 24.5 Å². The fraction of sp³-hybridized carbons (Fsp3) is 0.429. The molecule has 2 aliphatic heterocycles. The topological polar surface area (TPSA) is 262 Å². The SMILES string of the molecule is CC1(C)C(/C=C/C2=CC(=C/C=C3/N(CCCS(=O)(=O)O)c4ccc(S(=O)(=O)O)cc4C3(C)C)/CC(C(=O)NCCCCCC(=O)O)(C(=O)C(F)(F)F)C2)=Nc2ccc(S(=O)(=O)O)cc21. The van der Waals surface area contributed by atoms with Crippen molar-refractivity contribution in [2.45, 2.75) is 99.4 Å². The van der Waals surface area contributed by atoms with E-state index in [1.165, 1.54) is 54.6 Å². The van der Waals surface area contributed by atoms with E-state index < -0.39 is 93.9 Å². The molecule has 0 bridgehead atoms. The second-order valence-corrected chi connectivity index (χ2v) is 21.3. The first-order chi connectivity index (χ1) is 29.4. The van der Waals surface area contributed by atoms with Crippen LogP contribution in [0.5, 0.6) is 0 Å². The highest BCUT2D eigenvalue weighted by Crippen LogP contribution is 2.50. The molecule has 0 aromatic heterocycles. The van der Waals surface area contributed by atoms with Crippen LogP contribution in [0.3, 0.4) is 0 Å². The quantitative estimate of drug-likeness (QED) is 0.0637. The minimum atomic E-state index is -5.50. The number of hydrogen-bond donors (Lipinski definition) is 5. The van der Waals surface area contributed by atoms with Crippen LogP contribution in [-0.4, -0.2) is 92.4 Å². The maximum Gasteiger partial charge on any atom is 0.451 e. The van der Waals surface area contributed by atoms with Crippen LogP contribution in [0.2, 0.25) is 0 Å². The van der Waals surface area contributed by atoms with Gasteiger partial charge in [0, 0.05) is 41.7 Å². The van der Waals surface area contributed by atoms with Gasteiger partial charge in [-0.2, -0.15) is 38.4 Å². The van der Waals surface area contributed by atoms with Gasteiger partial charge in [-0.25, -0.2) is 0 Å². The van der Waals surface area contributed by atoms with Gasteiger partial charge in [-0.05, 0) is 103 Å². The van der Waals surface area contributed by atoms with Gasteiger partial charge >= 0.3 is 12.1 Å². The molecule has 64 heavy (non-hydrogen) atoms. The maximum atomic E-state index is 14.7. The number of carboxylic acids is 1. The van der Waals surface area contributed by atoms with Crippen molar-refractivity contribution in [2.24, 2.45) is 10.4 Å². The fourth-order valence-electron chi connectivity index (χ4n) is 8.22. The summed E-state index contributed by atoms with van der Waals surface area (Å²) in [5.74, 6) is -5.26. The monoisotopic (exact) mass is 955 g/mol. The number of aliphatic imine (C=N–C) groups is 1. The van der Waals surface area contributed by atoms with E-state index in [4.69, 9.17) is 5.11 Å². The molecule has 2 heterocycles. The predicted molar refractivity (Wildman–Crippen MR) is 229 cm³/mol. The number of nitrogens with one attached hydrogen (secondary N) is 1. The normalized spacial score (nSPS) is 20.9. The fourth-order valence-corrected chi connectivity index (χ4v) is 9.73. The lowest BCUT2D eigenvalue weighted by Gasteiger charge is -2.35. The van der Waals surface area contributed by atoms with Gasteiger partial charge in [0.2, 0.25) is 5.91 Å². The second kappa shape index (κ2) is 18.1. The molecule has 0 fully saturated rings. The molecular weight excluding hydrogens is 908 g/mol. The van der Waals surface area contributed by atoms with Gasteiger partial charge in [-0.1, -0.05) is 52.3 Å². The summed E-state index contributed by atoms with van der Waals surface area (Å²) in [5.41, 5.74) is -2.49. The van der Waals surface area contributed by atoms with Crippen molar-refractivity contribution in [2.75, 3.05) is 23.7 Å². The van der Waals surface area contributed by atoms with E-state index in [2.05, 4.69) is 10.3 Å². The number of aliphatic carboxylic acids is 1. The third kappa shape index (κ3) is 11.1. The minimum absolute atomic E-state index is 0.0579. The molecule has 22 heteroatoms. The van der Waals surface area contributed by atoms with Crippen molar-refractivity contribution in [3.8, 4) is 0 Å². The number of rotatable bonds is 17. The van der Waals surface area contributed by atoms with E-state index >= 15 is 0 Å². The number of hydrogen-bond acceptors (Lipinski definition) is 11. The number of fused-ring (bicyclic) bond motifs is 2. The summed E-state index contributed by atoms with van der Waals surface area (Å²) in [6, 6.07) is 7.54. The number of benzene rings is 2. The number of carbonyl (C=O) groups is 3. The number of Topliss-reactive ketones (excluding diaryl/α,β-unsaturated/α-hetero) is 1. The molecule has 3 aliphatic rings. The van der Waals surface area contributed by atoms with Crippen LogP contribution in [-0.2, 0) is 55.6 Å². The molecule has 0 saturated carbocycles. The highest BCUT2D eigenvalue weighted by Gasteiger charge is 2.58. The first kappa shape index (κ1) is 50.0. The summed E-state index contributed by atoms with van der Waals surface area (Å²) in [5, 5.41) is 11.4. The lowest BCUT2D eigenvalue weighted by molar-refractivity contribution is -0.184. The van der Waals surface area contributed by atoms with Crippen molar-refractivity contribution in [3.05, 3.63) is 94.7 Å². The average Bonchev–Trinajstić information content (AvgIpc) is 3.55. The largest absolute Gasteiger partial charge is 0.481 e. The van der Waals surface area contributed by atoms with Crippen molar-refractivity contribution in [1.82, 2.24) is 5.32 Å². The number of carbonyl (C=O) groups excluding carboxylic acids is 2. The number of amides is 1. The Kier molecular flexibility index (Phi) is 14.2. The van der Waals surface area contributed by atoms with Gasteiger partial charge in [0.25, 0.3) is 36.1 Å². The molecule has 0 radical (unpaired) electrons. The highest BCUT2D eigenvalue weighted by atomic mass is 32.2. The number of allylic oxidation sites excluding steroid dienone is 8. The summed E-state index contributed by atoms with van der Waals surface area (Å²) in [6.07, 6.45) is 0.683. The minimum Gasteiger partial charge on any atom is -0.481 e. The van der Waals surface area contributed by atoms with E-state index in [0.29, 0.717) is 40.3 Å². The molecule has 1 atom stereocenters. The Balaban J connectivity index is 1.64. The molecule has 1 aliphatic carbocycles. The van der Waals surface area contributed by atoms with Crippen LogP contribution in [0.15, 0.2) is 98.4 Å². The number of nitrogens with zero attached hydrogens (tertiary/aromatic N) is 2. The number of alkyl halides is 3.